The third kappa shape index (κ3) is 3.90. The van der Waals surface area contributed by atoms with Crippen molar-refractivity contribution in [2.75, 3.05) is 13.1 Å². The predicted octanol–water partition coefficient (Wildman–Crippen LogP) is 1.50. The van der Waals surface area contributed by atoms with Gasteiger partial charge in [0.15, 0.2) is 0 Å². The summed E-state index contributed by atoms with van der Waals surface area (Å²) in [6, 6.07) is 0. The zero-order valence-corrected chi connectivity index (χ0v) is 9.24. The van der Waals surface area contributed by atoms with Gasteiger partial charge in [-0.25, -0.2) is 0 Å². The molecular weight excluding hydrogens is 194 g/mol. The van der Waals surface area contributed by atoms with Crippen LogP contribution in [0.25, 0.3) is 0 Å². The fraction of sp³-hybridized carbons (Fsp3) is 0.818. The van der Waals surface area contributed by atoms with E-state index in [-0.39, 0.29) is 12.3 Å². The summed E-state index contributed by atoms with van der Waals surface area (Å²) < 4.78 is 0. The topological polar surface area (TPSA) is 57.6 Å². The van der Waals surface area contributed by atoms with Gasteiger partial charge in [0.05, 0.1) is 0 Å². The third-order valence-electron chi connectivity index (χ3n) is 2.81. The highest BCUT2D eigenvalue weighted by Crippen LogP contribution is 2.22. The van der Waals surface area contributed by atoms with Crippen molar-refractivity contribution in [3.05, 3.63) is 0 Å². The summed E-state index contributed by atoms with van der Waals surface area (Å²) in [5.41, 5.74) is 0. The van der Waals surface area contributed by atoms with Crippen LogP contribution in [0.2, 0.25) is 0 Å². The summed E-state index contributed by atoms with van der Waals surface area (Å²) in [5.74, 6) is -0.0991. The number of hydrogen-bond acceptors (Lipinski definition) is 2. The zero-order chi connectivity index (χ0) is 11.3. The lowest BCUT2D eigenvalue weighted by Crippen LogP contribution is -2.26. The first-order valence-electron chi connectivity index (χ1n) is 5.63. The minimum absolute atomic E-state index is 0.155. The summed E-state index contributed by atoms with van der Waals surface area (Å²) in [7, 11) is 0. The number of carbonyl (C=O) groups excluding carboxylic acids is 1. The number of carboxylic acids is 1. The summed E-state index contributed by atoms with van der Waals surface area (Å²) in [6.45, 7) is 3.55. The lowest BCUT2D eigenvalue weighted by Gasteiger charge is -2.15. The summed E-state index contributed by atoms with van der Waals surface area (Å²) in [5, 5.41) is 8.49. The number of carboxylic acid groups (broad SMARTS) is 1. The molecule has 1 aliphatic rings. The van der Waals surface area contributed by atoms with Crippen molar-refractivity contribution < 1.29 is 14.7 Å². The standard InChI is InChI=1S/C11H19NO3/c1-2-4-9-7-10(13)12(8-9)6-3-5-11(14)15/h9H,2-8H2,1H3,(H,14,15). The van der Waals surface area contributed by atoms with E-state index in [1.165, 1.54) is 0 Å². The van der Waals surface area contributed by atoms with Crippen LogP contribution in [0.5, 0.6) is 0 Å². The maximum absolute atomic E-state index is 11.5. The Bertz CT molecular complexity index is 240. The van der Waals surface area contributed by atoms with E-state index in [4.69, 9.17) is 5.11 Å². The highest BCUT2D eigenvalue weighted by atomic mass is 16.4. The Morgan fingerprint density at radius 2 is 2.33 bits per heavy atom. The second-order valence-corrected chi connectivity index (χ2v) is 4.20. The molecule has 0 aliphatic carbocycles. The summed E-state index contributed by atoms with van der Waals surface area (Å²) >= 11 is 0. The second-order valence-electron chi connectivity index (χ2n) is 4.20. The van der Waals surface area contributed by atoms with Crippen LogP contribution < -0.4 is 0 Å². The van der Waals surface area contributed by atoms with Crippen molar-refractivity contribution in [2.24, 2.45) is 5.92 Å². The number of nitrogens with zero attached hydrogens (tertiary/aromatic N) is 1. The van der Waals surface area contributed by atoms with Gasteiger partial charge in [-0.1, -0.05) is 13.3 Å². The van der Waals surface area contributed by atoms with E-state index in [1.54, 1.807) is 0 Å². The SMILES string of the molecule is CCCC1CC(=O)N(CCCC(=O)O)C1. The van der Waals surface area contributed by atoms with Crippen LogP contribution in [-0.2, 0) is 9.59 Å². The molecule has 1 N–H and O–H groups in total. The van der Waals surface area contributed by atoms with E-state index in [9.17, 15) is 9.59 Å². The Kier molecular flexibility index (Phi) is 4.59. The first-order chi connectivity index (χ1) is 7.13. The summed E-state index contributed by atoms with van der Waals surface area (Å²) in [6.07, 6.45) is 3.59. The van der Waals surface area contributed by atoms with E-state index in [1.807, 2.05) is 4.90 Å². The first-order valence-corrected chi connectivity index (χ1v) is 5.63. The molecule has 1 fully saturated rings. The van der Waals surface area contributed by atoms with Crippen molar-refractivity contribution in [1.29, 1.82) is 0 Å². The molecule has 1 aliphatic heterocycles. The maximum Gasteiger partial charge on any atom is 0.303 e. The number of hydrogen-bond donors (Lipinski definition) is 1. The van der Waals surface area contributed by atoms with Crippen LogP contribution in [0.3, 0.4) is 0 Å². The third-order valence-corrected chi connectivity index (χ3v) is 2.81. The summed E-state index contributed by atoms with van der Waals surface area (Å²) in [4.78, 5) is 23.6. The van der Waals surface area contributed by atoms with Crippen molar-refractivity contribution in [1.82, 2.24) is 4.90 Å². The van der Waals surface area contributed by atoms with Gasteiger partial charge in [0, 0.05) is 25.9 Å². The monoisotopic (exact) mass is 213 g/mol. The fourth-order valence-electron chi connectivity index (χ4n) is 2.09. The number of carbonyl (C=O) groups is 2. The van der Waals surface area contributed by atoms with Gasteiger partial charge in [-0.15, -0.1) is 0 Å². The van der Waals surface area contributed by atoms with E-state index in [0.29, 0.717) is 25.3 Å². The number of rotatable bonds is 6. The molecule has 1 heterocycles. The molecule has 1 saturated heterocycles. The number of amides is 1. The molecule has 0 aromatic rings. The average Bonchev–Trinajstić information content (AvgIpc) is 2.47. The van der Waals surface area contributed by atoms with Gasteiger partial charge in [0.1, 0.15) is 0 Å². The minimum atomic E-state index is -0.785. The predicted molar refractivity (Wildman–Crippen MR) is 56.5 cm³/mol. The molecular formula is C11H19NO3. The molecule has 0 spiro atoms. The molecule has 1 amide bonds. The highest BCUT2D eigenvalue weighted by molar-refractivity contribution is 5.78. The van der Waals surface area contributed by atoms with Crippen molar-refractivity contribution in [2.45, 2.75) is 39.0 Å². The van der Waals surface area contributed by atoms with Crippen LogP contribution in [0.15, 0.2) is 0 Å². The molecule has 15 heavy (non-hydrogen) atoms. The van der Waals surface area contributed by atoms with Gasteiger partial charge in [-0.3, -0.25) is 9.59 Å². The van der Waals surface area contributed by atoms with Crippen LogP contribution in [0.1, 0.15) is 39.0 Å². The Labute approximate surface area is 90.3 Å². The first kappa shape index (κ1) is 12.0. The highest BCUT2D eigenvalue weighted by Gasteiger charge is 2.28. The minimum Gasteiger partial charge on any atom is -0.481 e. The number of aliphatic carboxylic acids is 1. The number of likely N-dealkylation sites (tertiary alicyclic amines) is 1. The van der Waals surface area contributed by atoms with Gasteiger partial charge in [0.2, 0.25) is 5.91 Å². The molecule has 1 unspecified atom stereocenters. The molecule has 0 bridgehead atoms. The fourth-order valence-corrected chi connectivity index (χ4v) is 2.09. The van der Waals surface area contributed by atoms with Crippen LogP contribution in [0, 0.1) is 5.92 Å². The van der Waals surface area contributed by atoms with Gasteiger partial charge in [0.25, 0.3) is 0 Å². The quantitative estimate of drug-likeness (QED) is 0.727. The van der Waals surface area contributed by atoms with E-state index in [0.717, 1.165) is 19.4 Å². The molecule has 1 atom stereocenters. The lowest BCUT2D eigenvalue weighted by molar-refractivity contribution is -0.137. The molecule has 0 aromatic heterocycles. The van der Waals surface area contributed by atoms with Gasteiger partial charge < -0.3 is 10.0 Å². The van der Waals surface area contributed by atoms with E-state index >= 15 is 0 Å². The van der Waals surface area contributed by atoms with Crippen LogP contribution >= 0.6 is 0 Å². The van der Waals surface area contributed by atoms with Gasteiger partial charge >= 0.3 is 5.97 Å². The molecule has 4 heteroatoms. The van der Waals surface area contributed by atoms with Crippen molar-refractivity contribution >= 4 is 11.9 Å². The van der Waals surface area contributed by atoms with Crippen molar-refractivity contribution in [3.8, 4) is 0 Å². The maximum atomic E-state index is 11.5. The zero-order valence-electron chi connectivity index (χ0n) is 9.24. The Balaban J connectivity index is 2.25. The lowest BCUT2D eigenvalue weighted by atomic mass is 10.0. The van der Waals surface area contributed by atoms with Gasteiger partial charge in [-0.2, -0.15) is 0 Å². The Morgan fingerprint density at radius 1 is 1.60 bits per heavy atom. The van der Waals surface area contributed by atoms with Crippen molar-refractivity contribution in [3.63, 3.8) is 0 Å². The molecule has 0 radical (unpaired) electrons. The van der Waals surface area contributed by atoms with Crippen LogP contribution in [0.4, 0.5) is 0 Å². The van der Waals surface area contributed by atoms with E-state index < -0.39 is 5.97 Å². The smallest absolute Gasteiger partial charge is 0.303 e. The second kappa shape index (κ2) is 5.73. The van der Waals surface area contributed by atoms with Crippen LogP contribution in [-0.4, -0.2) is 35.0 Å². The van der Waals surface area contributed by atoms with Gasteiger partial charge in [-0.05, 0) is 18.8 Å². The molecule has 0 saturated carbocycles. The molecule has 0 aromatic carbocycles. The Hall–Kier alpha value is -1.06. The Morgan fingerprint density at radius 3 is 2.93 bits per heavy atom. The molecule has 86 valence electrons. The largest absolute Gasteiger partial charge is 0.481 e. The van der Waals surface area contributed by atoms with E-state index in [2.05, 4.69) is 6.92 Å². The molecule has 4 nitrogen and oxygen atoms in total. The average molecular weight is 213 g/mol. The normalized spacial score (nSPS) is 21.0. The molecule has 1 rings (SSSR count).